The van der Waals surface area contributed by atoms with Gasteiger partial charge < -0.3 is 10.6 Å². The van der Waals surface area contributed by atoms with Crippen LogP contribution in [-0.2, 0) is 11.2 Å². The molecule has 23 heavy (non-hydrogen) atoms. The van der Waals surface area contributed by atoms with Crippen molar-refractivity contribution in [1.82, 2.24) is 0 Å². The SMILES string of the molecule is CCCCCNc1ccc(NC(=O)Cc2ccc(Br)cc2)cc1. The molecule has 0 saturated heterocycles. The summed E-state index contributed by atoms with van der Waals surface area (Å²) in [7, 11) is 0. The molecule has 0 spiro atoms. The molecule has 0 heterocycles. The smallest absolute Gasteiger partial charge is 0.228 e. The van der Waals surface area contributed by atoms with Crippen molar-refractivity contribution in [2.75, 3.05) is 17.2 Å². The zero-order valence-electron chi connectivity index (χ0n) is 13.4. The predicted octanol–water partition coefficient (Wildman–Crippen LogP) is 5.23. The van der Waals surface area contributed by atoms with Crippen molar-refractivity contribution in [3.8, 4) is 0 Å². The molecule has 2 rings (SSSR count). The average molecular weight is 375 g/mol. The first-order valence-corrected chi connectivity index (χ1v) is 8.85. The van der Waals surface area contributed by atoms with Crippen LogP contribution in [0.3, 0.4) is 0 Å². The summed E-state index contributed by atoms with van der Waals surface area (Å²) in [6.07, 6.45) is 4.04. The molecule has 2 aromatic rings. The Balaban J connectivity index is 1.80. The van der Waals surface area contributed by atoms with Crippen LogP contribution in [-0.4, -0.2) is 12.5 Å². The Morgan fingerprint density at radius 3 is 2.26 bits per heavy atom. The Bertz CT molecular complexity index is 608. The van der Waals surface area contributed by atoms with E-state index in [0.29, 0.717) is 6.42 Å². The maximum absolute atomic E-state index is 12.1. The third-order valence-corrected chi connectivity index (χ3v) is 4.08. The largest absolute Gasteiger partial charge is 0.385 e. The first kappa shape index (κ1) is 17.5. The molecule has 4 heteroatoms. The molecule has 2 aromatic carbocycles. The summed E-state index contributed by atoms with van der Waals surface area (Å²) in [5, 5.41) is 6.32. The summed E-state index contributed by atoms with van der Waals surface area (Å²) in [4.78, 5) is 12.1. The van der Waals surface area contributed by atoms with E-state index < -0.39 is 0 Å². The molecular weight excluding hydrogens is 352 g/mol. The second-order valence-electron chi connectivity index (χ2n) is 5.56. The van der Waals surface area contributed by atoms with Gasteiger partial charge in [-0.05, 0) is 48.4 Å². The fourth-order valence-corrected chi connectivity index (χ4v) is 2.54. The van der Waals surface area contributed by atoms with Crippen molar-refractivity contribution >= 4 is 33.2 Å². The van der Waals surface area contributed by atoms with Gasteiger partial charge in [0.2, 0.25) is 5.91 Å². The van der Waals surface area contributed by atoms with Crippen molar-refractivity contribution in [2.45, 2.75) is 32.6 Å². The normalized spacial score (nSPS) is 10.3. The standard InChI is InChI=1S/C19H23BrN2O/c1-2-3-4-13-21-17-9-11-18(12-10-17)22-19(23)14-15-5-7-16(20)8-6-15/h5-12,21H,2-4,13-14H2,1H3,(H,22,23). The van der Waals surface area contributed by atoms with Crippen LogP contribution in [0.15, 0.2) is 53.0 Å². The molecule has 0 radical (unpaired) electrons. The van der Waals surface area contributed by atoms with Gasteiger partial charge in [-0.3, -0.25) is 4.79 Å². The minimum Gasteiger partial charge on any atom is -0.385 e. The Morgan fingerprint density at radius 1 is 0.957 bits per heavy atom. The van der Waals surface area contributed by atoms with Crippen LogP contribution in [0.4, 0.5) is 11.4 Å². The fourth-order valence-electron chi connectivity index (χ4n) is 2.27. The number of benzene rings is 2. The number of halogens is 1. The number of carbonyl (C=O) groups is 1. The Morgan fingerprint density at radius 2 is 1.61 bits per heavy atom. The lowest BCUT2D eigenvalue weighted by Crippen LogP contribution is -2.14. The van der Waals surface area contributed by atoms with Crippen molar-refractivity contribution in [1.29, 1.82) is 0 Å². The second-order valence-corrected chi connectivity index (χ2v) is 6.48. The van der Waals surface area contributed by atoms with E-state index in [-0.39, 0.29) is 5.91 Å². The highest BCUT2D eigenvalue weighted by atomic mass is 79.9. The highest BCUT2D eigenvalue weighted by Crippen LogP contribution is 2.15. The number of carbonyl (C=O) groups excluding carboxylic acids is 1. The maximum Gasteiger partial charge on any atom is 0.228 e. The first-order chi connectivity index (χ1) is 11.2. The predicted molar refractivity (Wildman–Crippen MR) is 101 cm³/mol. The number of unbranched alkanes of at least 4 members (excludes halogenated alkanes) is 2. The molecule has 0 fully saturated rings. The number of hydrogen-bond acceptors (Lipinski definition) is 2. The Hall–Kier alpha value is -1.81. The van der Waals surface area contributed by atoms with E-state index in [1.807, 2.05) is 48.5 Å². The van der Waals surface area contributed by atoms with Crippen molar-refractivity contribution in [3.05, 3.63) is 58.6 Å². The van der Waals surface area contributed by atoms with E-state index in [1.165, 1.54) is 19.3 Å². The second kappa shape index (κ2) is 9.36. The molecule has 0 unspecified atom stereocenters. The fraction of sp³-hybridized carbons (Fsp3) is 0.316. The van der Waals surface area contributed by atoms with Crippen LogP contribution in [0, 0.1) is 0 Å². The van der Waals surface area contributed by atoms with Gasteiger partial charge >= 0.3 is 0 Å². The zero-order chi connectivity index (χ0) is 16.5. The van der Waals surface area contributed by atoms with E-state index in [4.69, 9.17) is 0 Å². The van der Waals surface area contributed by atoms with Crippen LogP contribution in [0.1, 0.15) is 31.7 Å². The quantitative estimate of drug-likeness (QED) is 0.620. The minimum absolute atomic E-state index is 0.00372. The van der Waals surface area contributed by atoms with Crippen LogP contribution in [0.25, 0.3) is 0 Å². The number of amides is 1. The Kier molecular flexibility index (Phi) is 7.14. The van der Waals surface area contributed by atoms with E-state index in [9.17, 15) is 4.79 Å². The van der Waals surface area contributed by atoms with E-state index in [1.54, 1.807) is 0 Å². The zero-order valence-corrected chi connectivity index (χ0v) is 15.0. The number of hydrogen-bond donors (Lipinski definition) is 2. The van der Waals surface area contributed by atoms with Gasteiger partial charge in [-0.2, -0.15) is 0 Å². The molecule has 0 bridgehead atoms. The molecule has 0 aliphatic heterocycles. The molecule has 0 saturated carbocycles. The van der Waals surface area contributed by atoms with Crippen LogP contribution >= 0.6 is 15.9 Å². The molecule has 3 nitrogen and oxygen atoms in total. The van der Waals surface area contributed by atoms with Crippen LogP contribution < -0.4 is 10.6 Å². The summed E-state index contributed by atoms with van der Waals surface area (Å²) in [6.45, 7) is 3.19. The highest BCUT2D eigenvalue weighted by molar-refractivity contribution is 9.10. The maximum atomic E-state index is 12.1. The lowest BCUT2D eigenvalue weighted by atomic mass is 10.1. The highest BCUT2D eigenvalue weighted by Gasteiger charge is 2.04. The Labute approximate surface area is 146 Å². The average Bonchev–Trinajstić information content (AvgIpc) is 2.55. The third-order valence-electron chi connectivity index (χ3n) is 3.56. The lowest BCUT2D eigenvalue weighted by Gasteiger charge is -2.09. The number of anilines is 2. The molecule has 0 aromatic heterocycles. The molecule has 122 valence electrons. The lowest BCUT2D eigenvalue weighted by molar-refractivity contribution is -0.115. The molecule has 2 N–H and O–H groups in total. The van der Waals surface area contributed by atoms with Gasteiger partial charge in [0.1, 0.15) is 0 Å². The summed E-state index contributed by atoms with van der Waals surface area (Å²) in [6, 6.07) is 15.7. The molecule has 0 aliphatic carbocycles. The van der Waals surface area contributed by atoms with Crippen molar-refractivity contribution in [2.24, 2.45) is 0 Å². The molecular formula is C19H23BrN2O. The van der Waals surface area contributed by atoms with Gasteiger partial charge in [-0.25, -0.2) is 0 Å². The van der Waals surface area contributed by atoms with Gasteiger partial charge in [0.15, 0.2) is 0 Å². The third kappa shape index (κ3) is 6.45. The summed E-state index contributed by atoms with van der Waals surface area (Å²) in [5.74, 6) is -0.00372. The van der Waals surface area contributed by atoms with Gasteiger partial charge in [-0.1, -0.05) is 47.8 Å². The van der Waals surface area contributed by atoms with Crippen LogP contribution in [0.2, 0.25) is 0 Å². The van der Waals surface area contributed by atoms with E-state index in [2.05, 4.69) is 33.5 Å². The van der Waals surface area contributed by atoms with E-state index in [0.717, 1.165) is 28.0 Å². The monoisotopic (exact) mass is 374 g/mol. The van der Waals surface area contributed by atoms with Crippen molar-refractivity contribution < 1.29 is 4.79 Å². The van der Waals surface area contributed by atoms with Gasteiger partial charge in [-0.15, -0.1) is 0 Å². The number of rotatable bonds is 8. The van der Waals surface area contributed by atoms with E-state index >= 15 is 0 Å². The van der Waals surface area contributed by atoms with Crippen LogP contribution in [0.5, 0.6) is 0 Å². The summed E-state index contributed by atoms with van der Waals surface area (Å²) >= 11 is 3.39. The van der Waals surface area contributed by atoms with Gasteiger partial charge in [0.05, 0.1) is 6.42 Å². The molecule has 0 atom stereocenters. The summed E-state index contributed by atoms with van der Waals surface area (Å²) in [5.41, 5.74) is 2.91. The topological polar surface area (TPSA) is 41.1 Å². The van der Waals surface area contributed by atoms with Crippen molar-refractivity contribution in [3.63, 3.8) is 0 Å². The molecule has 0 aliphatic rings. The van der Waals surface area contributed by atoms with Gasteiger partial charge in [0, 0.05) is 22.4 Å². The van der Waals surface area contributed by atoms with Gasteiger partial charge in [0.25, 0.3) is 0 Å². The summed E-state index contributed by atoms with van der Waals surface area (Å²) < 4.78 is 1.02. The molecule has 1 amide bonds. The minimum atomic E-state index is -0.00372. The number of nitrogens with one attached hydrogen (secondary N) is 2. The first-order valence-electron chi connectivity index (χ1n) is 8.05.